The largest absolute Gasteiger partial charge is 0.492 e. The number of hydrogen-bond acceptors (Lipinski definition) is 7. The van der Waals surface area contributed by atoms with Gasteiger partial charge in [0.15, 0.2) is 0 Å². The first-order chi connectivity index (χ1) is 15.7. The predicted molar refractivity (Wildman–Crippen MR) is 120 cm³/mol. The zero-order valence-electron chi connectivity index (χ0n) is 18.1. The molecule has 2 fully saturated rings. The van der Waals surface area contributed by atoms with E-state index in [1.807, 2.05) is 36.5 Å². The van der Waals surface area contributed by atoms with Crippen LogP contribution in [0.4, 0.5) is 5.82 Å². The molecule has 0 bridgehead atoms. The van der Waals surface area contributed by atoms with Crippen molar-refractivity contribution in [2.75, 3.05) is 31.7 Å². The van der Waals surface area contributed by atoms with Crippen molar-refractivity contribution in [2.45, 2.75) is 25.4 Å². The van der Waals surface area contributed by atoms with Gasteiger partial charge in [-0.3, -0.25) is 0 Å². The van der Waals surface area contributed by atoms with Crippen molar-refractivity contribution in [1.82, 2.24) is 15.0 Å². The van der Waals surface area contributed by atoms with Gasteiger partial charge in [-0.2, -0.15) is 5.26 Å². The predicted octanol–water partition coefficient (Wildman–Crippen LogP) is 3.62. The number of methoxy groups -OCH3 is 1. The zero-order chi connectivity index (χ0) is 21.9. The molecule has 5 rings (SSSR count). The van der Waals surface area contributed by atoms with Gasteiger partial charge < -0.3 is 14.4 Å². The lowest BCUT2D eigenvalue weighted by Crippen LogP contribution is -2.52. The fourth-order valence-corrected chi connectivity index (χ4v) is 3.74. The molecule has 0 spiro atoms. The molecule has 3 aromatic rings. The number of nitrogens with zero attached hydrogens (tertiary/aromatic N) is 5. The lowest BCUT2D eigenvalue weighted by molar-refractivity contribution is 0.0783. The first-order valence-corrected chi connectivity index (χ1v) is 10.9. The Balaban J connectivity index is 1.31. The molecule has 1 aliphatic carbocycles. The second-order valence-electron chi connectivity index (χ2n) is 8.40. The van der Waals surface area contributed by atoms with E-state index in [9.17, 15) is 5.26 Å². The van der Waals surface area contributed by atoms with Gasteiger partial charge >= 0.3 is 0 Å². The van der Waals surface area contributed by atoms with E-state index in [2.05, 4.69) is 27.0 Å². The van der Waals surface area contributed by atoms with Crippen LogP contribution < -0.4 is 9.64 Å². The molecule has 162 valence electrons. The Morgan fingerprint density at radius 1 is 1.09 bits per heavy atom. The number of anilines is 1. The van der Waals surface area contributed by atoms with Crippen molar-refractivity contribution >= 4 is 5.82 Å². The summed E-state index contributed by atoms with van der Waals surface area (Å²) in [5.41, 5.74) is 3.31. The Hall–Kier alpha value is -3.50. The first kappa shape index (κ1) is 20.4. The molecule has 1 saturated carbocycles. The molecule has 0 radical (unpaired) electrons. The molecule has 2 aliphatic rings. The van der Waals surface area contributed by atoms with E-state index in [0.717, 1.165) is 41.6 Å². The third-order valence-corrected chi connectivity index (χ3v) is 5.95. The quantitative estimate of drug-likeness (QED) is 0.543. The maximum atomic E-state index is 9.57. The molecule has 0 unspecified atom stereocenters. The van der Waals surface area contributed by atoms with E-state index < -0.39 is 0 Å². The van der Waals surface area contributed by atoms with Gasteiger partial charge in [0.25, 0.3) is 0 Å². The van der Waals surface area contributed by atoms with Crippen LogP contribution in [0.2, 0.25) is 0 Å². The number of hydrogen-bond donors (Lipinski definition) is 0. The van der Waals surface area contributed by atoms with Crippen LogP contribution in [0, 0.1) is 17.2 Å². The lowest BCUT2D eigenvalue weighted by atomic mass is 10.1. The Kier molecular flexibility index (Phi) is 5.70. The summed E-state index contributed by atoms with van der Waals surface area (Å²) in [4.78, 5) is 15.9. The summed E-state index contributed by atoms with van der Waals surface area (Å²) in [7, 11) is 1.74. The molecule has 1 aliphatic heterocycles. The van der Waals surface area contributed by atoms with Gasteiger partial charge in [-0.05, 0) is 60.7 Å². The maximum Gasteiger partial charge on any atom is 0.137 e. The molecule has 0 atom stereocenters. The van der Waals surface area contributed by atoms with Crippen LogP contribution in [0.3, 0.4) is 0 Å². The monoisotopic (exact) mass is 427 g/mol. The van der Waals surface area contributed by atoms with Crippen LogP contribution in [0.15, 0.2) is 48.8 Å². The van der Waals surface area contributed by atoms with Crippen molar-refractivity contribution in [3.63, 3.8) is 0 Å². The fraction of sp³-hybridized carbons (Fsp3) is 0.360. The molecule has 0 amide bonds. The van der Waals surface area contributed by atoms with Gasteiger partial charge in [-0.1, -0.05) is 0 Å². The number of aromatic nitrogens is 3. The van der Waals surface area contributed by atoms with E-state index in [-0.39, 0.29) is 6.10 Å². The summed E-state index contributed by atoms with van der Waals surface area (Å²) in [5, 5.41) is 9.57. The van der Waals surface area contributed by atoms with E-state index in [1.54, 1.807) is 13.3 Å². The van der Waals surface area contributed by atoms with Crippen molar-refractivity contribution in [3.05, 3.63) is 65.7 Å². The molecule has 2 aromatic heterocycles. The van der Waals surface area contributed by atoms with E-state index in [0.29, 0.717) is 30.3 Å². The SMILES string of the molecule is COC1CN(c2cc(Cc3nccc(-c4ccc(OCC5CC5)c(C#N)c4)n3)ccn2)C1. The van der Waals surface area contributed by atoms with Gasteiger partial charge in [-0.25, -0.2) is 15.0 Å². The summed E-state index contributed by atoms with van der Waals surface area (Å²) in [6.07, 6.45) is 6.92. The second kappa shape index (κ2) is 8.93. The average molecular weight is 428 g/mol. The fourth-order valence-electron chi connectivity index (χ4n) is 3.74. The van der Waals surface area contributed by atoms with Gasteiger partial charge in [0.1, 0.15) is 23.5 Å². The molecule has 32 heavy (non-hydrogen) atoms. The van der Waals surface area contributed by atoms with Gasteiger partial charge in [0, 0.05) is 44.6 Å². The highest BCUT2D eigenvalue weighted by atomic mass is 16.5. The number of ether oxygens (including phenoxy) is 2. The molecule has 7 heteroatoms. The van der Waals surface area contributed by atoms with E-state index >= 15 is 0 Å². The minimum atomic E-state index is 0.282. The van der Waals surface area contributed by atoms with Crippen molar-refractivity contribution in [2.24, 2.45) is 5.92 Å². The minimum Gasteiger partial charge on any atom is -0.492 e. The molecular weight excluding hydrogens is 402 g/mol. The Bertz CT molecular complexity index is 1150. The van der Waals surface area contributed by atoms with Gasteiger partial charge in [-0.15, -0.1) is 0 Å². The standard InChI is InChI=1S/C25H25N5O2/c1-31-21-14-30(15-21)25-11-18(6-8-28-25)10-24-27-9-7-22(29-24)19-4-5-23(20(12-19)13-26)32-16-17-2-3-17/h4-9,11-12,17,21H,2-3,10,14-16H2,1H3. The summed E-state index contributed by atoms with van der Waals surface area (Å²) in [5.74, 6) is 2.96. The molecule has 1 saturated heterocycles. The van der Waals surface area contributed by atoms with Crippen LogP contribution in [-0.4, -0.2) is 47.9 Å². The Morgan fingerprint density at radius 2 is 1.94 bits per heavy atom. The van der Waals surface area contributed by atoms with Gasteiger partial charge in [0.2, 0.25) is 0 Å². The van der Waals surface area contributed by atoms with Crippen molar-refractivity contribution < 1.29 is 9.47 Å². The topological polar surface area (TPSA) is 84.2 Å². The number of benzene rings is 1. The van der Waals surface area contributed by atoms with E-state index in [1.165, 1.54) is 12.8 Å². The minimum absolute atomic E-state index is 0.282. The molecule has 3 heterocycles. The highest BCUT2D eigenvalue weighted by Gasteiger charge is 2.27. The lowest BCUT2D eigenvalue weighted by Gasteiger charge is -2.39. The zero-order valence-corrected chi connectivity index (χ0v) is 18.1. The Labute approximate surface area is 187 Å². The Morgan fingerprint density at radius 3 is 2.72 bits per heavy atom. The van der Waals surface area contributed by atoms with Crippen molar-refractivity contribution in [3.8, 4) is 23.1 Å². The third kappa shape index (κ3) is 4.56. The summed E-state index contributed by atoms with van der Waals surface area (Å²) in [6, 6.07) is 13.9. The highest BCUT2D eigenvalue weighted by Crippen LogP contribution is 2.31. The van der Waals surface area contributed by atoms with E-state index in [4.69, 9.17) is 14.5 Å². The number of pyridine rings is 1. The highest BCUT2D eigenvalue weighted by molar-refractivity contribution is 5.64. The van der Waals surface area contributed by atoms with Crippen LogP contribution in [0.25, 0.3) is 11.3 Å². The smallest absolute Gasteiger partial charge is 0.137 e. The summed E-state index contributed by atoms with van der Waals surface area (Å²) < 4.78 is 11.2. The van der Waals surface area contributed by atoms with Crippen molar-refractivity contribution in [1.29, 1.82) is 5.26 Å². The second-order valence-corrected chi connectivity index (χ2v) is 8.40. The normalized spacial score (nSPS) is 15.8. The summed E-state index contributed by atoms with van der Waals surface area (Å²) in [6.45, 7) is 2.41. The van der Waals surface area contributed by atoms with Crippen LogP contribution >= 0.6 is 0 Å². The molecular formula is C25H25N5O2. The maximum absolute atomic E-state index is 9.57. The molecule has 0 N–H and O–H groups in total. The average Bonchev–Trinajstić information content (AvgIpc) is 3.62. The van der Waals surface area contributed by atoms with Gasteiger partial charge in [0.05, 0.1) is 24.0 Å². The van der Waals surface area contributed by atoms with Crippen LogP contribution in [0.5, 0.6) is 5.75 Å². The number of rotatable bonds is 8. The number of nitriles is 1. The molecule has 7 nitrogen and oxygen atoms in total. The first-order valence-electron chi connectivity index (χ1n) is 10.9. The van der Waals surface area contributed by atoms with Crippen LogP contribution in [-0.2, 0) is 11.2 Å². The van der Waals surface area contributed by atoms with Crippen LogP contribution in [0.1, 0.15) is 29.8 Å². The molecule has 1 aromatic carbocycles. The third-order valence-electron chi connectivity index (χ3n) is 5.95. The summed E-state index contributed by atoms with van der Waals surface area (Å²) >= 11 is 0.